The number of hydrazone groups is 1. The van der Waals surface area contributed by atoms with E-state index in [1.54, 1.807) is 30.5 Å². The largest absolute Gasteiger partial charge is 0.399 e. The van der Waals surface area contributed by atoms with Crippen LogP contribution in [0.1, 0.15) is 29.8 Å². The van der Waals surface area contributed by atoms with Crippen LogP contribution in [0.25, 0.3) is 0 Å². The van der Waals surface area contributed by atoms with Gasteiger partial charge >= 0.3 is 0 Å². The maximum atomic E-state index is 12.0. The van der Waals surface area contributed by atoms with Crippen LogP contribution in [0.4, 0.5) is 11.4 Å². The second-order valence-electron chi connectivity index (χ2n) is 6.59. The summed E-state index contributed by atoms with van der Waals surface area (Å²) in [6.07, 6.45) is 3.55. The van der Waals surface area contributed by atoms with Crippen molar-refractivity contribution in [2.24, 2.45) is 5.10 Å². The van der Waals surface area contributed by atoms with Crippen molar-refractivity contribution in [3.8, 4) is 0 Å². The van der Waals surface area contributed by atoms with Crippen LogP contribution in [-0.4, -0.2) is 19.2 Å². The summed E-state index contributed by atoms with van der Waals surface area (Å²) in [7, 11) is 2.04. The number of nitrogens with one attached hydrogen (secondary N) is 1. The number of nitrogen functional groups attached to an aromatic ring is 1. The molecule has 0 radical (unpaired) electrons. The summed E-state index contributed by atoms with van der Waals surface area (Å²) in [4.78, 5) is 14.2. The molecule has 1 amide bonds. The molecule has 3 rings (SSSR count). The normalized spacial score (nSPS) is 17.1. The third-order valence-corrected chi connectivity index (χ3v) is 4.59. The Hall–Kier alpha value is -3.08. The van der Waals surface area contributed by atoms with Gasteiger partial charge in [-0.05, 0) is 42.0 Å². The van der Waals surface area contributed by atoms with Gasteiger partial charge in [0.2, 0.25) is 0 Å². The Morgan fingerprint density at radius 2 is 1.84 bits per heavy atom. The first-order chi connectivity index (χ1) is 11.9. The molecule has 0 aliphatic carbocycles. The maximum absolute atomic E-state index is 12.0. The Kier molecular flexibility index (Phi) is 4.31. The van der Waals surface area contributed by atoms with E-state index in [1.807, 2.05) is 19.2 Å². The zero-order valence-electron chi connectivity index (χ0n) is 14.7. The number of anilines is 2. The molecule has 0 aromatic heterocycles. The van der Waals surface area contributed by atoms with Crippen molar-refractivity contribution in [2.45, 2.75) is 19.3 Å². The number of nitrogens with two attached hydrogens (primary N) is 1. The number of allylic oxidation sites excluding steroid dienone is 2. The lowest BCUT2D eigenvalue weighted by atomic mass is 9.84. The van der Waals surface area contributed by atoms with Crippen LogP contribution in [0.2, 0.25) is 0 Å². The summed E-state index contributed by atoms with van der Waals surface area (Å²) in [6.45, 7) is 4.37. The molecular formula is C20H22N4O. The quantitative estimate of drug-likeness (QED) is 0.514. The highest BCUT2D eigenvalue weighted by Gasteiger charge is 2.37. The number of fused-ring (bicyclic) bond motifs is 1. The Morgan fingerprint density at radius 3 is 2.52 bits per heavy atom. The molecule has 128 valence electrons. The van der Waals surface area contributed by atoms with Crippen LogP contribution in [0, 0.1) is 0 Å². The van der Waals surface area contributed by atoms with Gasteiger partial charge in [-0.25, -0.2) is 5.43 Å². The molecule has 2 aromatic rings. The molecule has 0 saturated heterocycles. The number of likely N-dealkylation sites (N-methyl/N-ethyl adjacent to an activating group) is 1. The van der Waals surface area contributed by atoms with Gasteiger partial charge in [0.1, 0.15) is 0 Å². The van der Waals surface area contributed by atoms with Gasteiger partial charge in [-0.3, -0.25) is 4.79 Å². The van der Waals surface area contributed by atoms with E-state index < -0.39 is 0 Å². The highest BCUT2D eigenvalue weighted by atomic mass is 16.2. The molecule has 0 unspecified atom stereocenters. The molecular weight excluding hydrogens is 312 g/mol. The SMILES string of the molecule is CN1C(=CC=NNC(=O)c2ccc(N)cc2)C(C)(C)c2ccccc21. The summed E-state index contributed by atoms with van der Waals surface area (Å²) in [5, 5.41) is 4.04. The van der Waals surface area contributed by atoms with Crippen LogP contribution >= 0.6 is 0 Å². The van der Waals surface area contributed by atoms with Crippen molar-refractivity contribution >= 4 is 23.5 Å². The Balaban J connectivity index is 1.73. The number of benzene rings is 2. The molecule has 2 aromatic carbocycles. The number of para-hydroxylation sites is 1. The Morgan fingerprint density at radius 1 is 1.16 bits per heavy atom. The number of hydrogen-bond acceptors (Lipinski definition) is 4. The fourth-order valence-electron chi connectivity index (χ4n) is 3.20. The lowest BCUT2D eigenvalue weighted by molar-refractivity contribution is 0.0955. The van der Waals surface area contributed by atoms with E-state index in [9.17, 15) is 4.79 Å². The summed E-state index contributed by atoms with van der Waals surface area (Å²) in [6, 6.07) is 15.1. The fourth-order valence-corrected chi connectivity index (χ4v) is 3.20. The van der Waals surface area contributed by atoms with Crippen molar-refractivity contribution in [3.63, 3.8) is 0 Å². The fraction of sp³-hybridized carbons (Fsp3) is 0.200. The number of amides is 1. The molecule has 0 bridgehead atoms. The molecule has 5 nitrogen and oxygen atoms in total. The van der Waals surface area contributed by atoms with Gasteiger partial charge in [0.05, 0.1) is 0 Å². The van der Waals surface area contributed by atoms with Crippen molar-refractivity contribution in [1.82, 2.24) is 5.43 Å². The van der Waals surface area contributed by atoms with Crippen molar-refractivity contribution < 1.29 is 4.79 Å². The molecule has 0 saturated carbocycles. The number of hydrogen-bond donors (Lipinski definition) is 2. The van der Waals surface area contributed by atoms with E-state index in [1.165, 1.54) is 11.3 Å². The third-order valence-electron chi connectivity index (χ3n) is 4.59. The minimum absolute atomic E-state index is 0.113. The van der Waals surface area contributed by atoms with Crippen molar-refractivity contribution in [3.05, 3.63) is 71.4 Å². The molecule has 0 atom stereocenters. The molecule has 0 spiro atoms. The van der Waals surface area contributed by atoms with Crippen molar-refractivity contribution in [2.75, 3.05) is 17.7 Å². The second kappa shape index (κ2) is 6.43. The summed E-state index contributed by atoms with van der Waals surface area (Å²) >= 11 is 0. The molecule has 1 heterocycles. The van der Waals surface area contributed by atoms with E-state index in [-0.39, 0.29) is 11.3 Å². The van der Waals surface area contributed by atoms with Gasteiger partial charge in [0.15, 0.2) is 0 Å². The first kappa shape index (κ1) is 16.8. The predicted octanol–water partition coefficient (Wildman–Crippen LogP) is 3.30. The standard InChI is InChI=1S/C20H22N4O/c1-20(2)16-6-4-5-7-17(16)24(3)18(20)12-13-22-23-19(25)14-8-10-15(21)11-9-14/h4-13H,21H2,1-3H3,(H,23,25). The Labute approximate surface area is 147 Å². The van der Waals surface area contributed by atoms with E-state index in [4.69, 9.17) is 5.73 Å². The van der Waals surface area contributed by atoms with Crippen LogP contribution in [0.3, 0.4) is 0 Å². The molecule has 1 aliphatic heterocycles. The molecule has 5 heteroatoms. The smallest absolute Gasteiger partial charge is 0.271 e. The number of rotatable bonds is 3. The van der Waals surface area contributed by atoms with E-state index in [2.05, 4.69) is 47.5 Å². The van der Waals surface area contributed by atoms with Crippen LogP contribution < -0.4 is 16.1 Å². The minimum atomic E-state index is -0.267. The third kappa shape index (κ3) is 3.13. The molecule has 0 fully saturated rings. The van der Waals surface area contributed by atoms with E-state index in [0.717, 1.165) is 5.70 Å². The van der Waals surface area contributed by atoms with Gasteiger partial charge in [-0.2, -0.15) is 5.10 Å². The molecule has 1 aliphatic rings. The first-order valence-corrected chi connectivity index (χ1v) is 8.14. The van der Waals surface area contributed by atoms with Gasteiger partial charge < -0.3 is 10.6 Å². The average molecular weight is 334 g/mol. The Bertz CT molecular complexity index is 850. The predicted molar refractivity (Wildman–Crippen MR) is 103 cm³/mol. The maximum Gasteiger partial charge on any atom is 0.271 e. The van der Waals surface area contributed by atoms with Gasteiger partial charge in [-0.1, -0.05) is 32.0 Å². The average Bonchev–Trinajstić information content (AvgIpc) is 2.79. The van der Waals surface area contributed by atoms with E-state index in [0.29, 0.717) is 11.3 Å². The summed E-state index contributed by atoms with van der Waals surface area (Å²) in [5.74, 6) is -0.267. The molecule has 25 heavy (non-hydrogen) atoms. The minimum Gasteiger partial charge on any atom is -0.399 e. The highest BCUT2D eigenvalue weighted by molar-refractivity contribution is 5.95. The lowest BCUT2D eigenvalue weighted by Gasteiger charge is -2.23. The van der Waals surface area contributed by atoms with Gasteiger partial charge in [-0.15, -0.1) is 0 Å². The van der Waals surface area contributed by atoms with Crippen LogP contribution in [0.5, 0.6) is 0 Å². The zero-order valence-corrected chi connectivity index (χ0v) is 14.7. The lowest BCUT2D eigenvalue weighted by Crippen LogP contribution is -2.23. The number of nitrogens with zero attached hydrogens (tertiary/aromatic N) is 2. The number of carbonyl (C=O) groups excluding carboxylic acids is 1. The van der Waals surface area contributed by atoms with Crippen molar-refractivity contribution in [1.29, 1.82) is 0 Å². The monoisotopic (exact) mass is 334 g/mol. The second-order valence-corrected chi connectivity index (χ2v) is 6.59. The van der Waals surface area contributed by atoms with Crippen LogP contribution in [0.15, 0.2) is 65.4 Å². The summed E-state index contributed by atoms with van der Waals surface area (Å²) < 4.78 is 0. The zero-order chi connectivity index (χ0) is 18.0. The van der Waals surface area contributed by atoms with E-state index >= 15 is 0 Å². The van der Waals surface area contributed by atoms with Gasteiger partial charge in [0, 0.05) is 41.3 Å². The summed E-state index contributed by atoms with van der Waals surface area (Å²) in [5.41, 5.74) is 12.8. The molecule has 3 N–H and O–H groups in total. The number of carbonyl (C=O) groups is 1. The van der Waals surface area contributed by atoms with Gasteiger partial charge in [0.25, 0.3) is 5.91 Å². The van der Waals surface area contributed by atoms with Crippen LogP contribution in [-0.2, 0) is 5.41 Å². The highest BCUT2D eigenvalue weighted by Crippen LogP contribution is 2.46. The topological polar surface area (TPSA) is 70.7 Å². The first-order valence-electron chi connectivity index (χ1n) is 8.14.